The largest absolute Gasteiger partial charge is 0.298 e. The average molecular weight is 185 g/mol. The fourth-order valence-corrected chi connectivity index (χ4v) is 3.32. The molecule has 0 aromatic carbocycles. The number of rotatable bonds is 3. The van der Waals surface area contributed by atoms with E-state index in [4.69, 9.17) is 0 Å². The predicted octanol–water partition coefficient (Wildman–Crippen LogP) is 2.75. The molecule has 2 rings (SSSR count). The lowest BCUT2D eigenvalue weighted by atomic mass is 9.84. The number of hydrogen-bond donors (Lipinski definition) is 0. The molecule has 0 aromatic rings. The first-order chi connectivity index (χ1) is 6.28. The fourth-order valence-electron chi connectivity index (χ4n) is 3.32. The van der Waals surface area contributed by atoms with Crippen LogP contribution in [0.1, 0.15) is 44.9 Å². The van der Waals surface area contributed by atoms with Gasteiger partial charge in [-0.2, -0.15) is 0 Å². The lowest BCUT2D eigenvalue weighted by Gasteiger charge is -2.42. The van der Waals surface area contributed by atoms with Gasteiger partial charge in [-0.05, 0) is 45.6 Å². The highest BCUT2D eigenvalue weighted by atomic mass is 19.1. The first kappa shape index (κ1) is 9.45. The molecule has 2 atom stereocenters. The number of fused-ring (bicyclic) bond motifs is 2. The van der Waals surface area contributed by atoms with Crippen molar-refractivity contribution in [1.29, 1.82) is 0 Å². The van der Waals surface area contributed by atoms with E-state index in [9.17, 15) is 4.39 Å². The molecule has 76 valence electrons. The highest BCUT2D eigenvalue weighted by Gasteiger charge is 2.45. The third kappa shape index (κ3) is 1.50. The van der Waals surface area contributed by atoms with Crippen LogP contribution in [0.3, 0.4) is 0 Å². The molecule has 2 saturated heterocycles. The second-order valence-electron chi connectivity index (χ2n) is 4.71. The number of piperidine rings is 1. The van der Waals surface area contributed by atoms with Gasteiger partial charge in [-0.1, -0.05) is 6.42 Å². The molecule has 0 radical (unpaired) electrons. The van der Waals surface area contributed by atoms with E-state index in [0.717, 1.165) is 18.9 Å². The Bertz CT molecular complexity index is 179. The quantitative estimate of drug-likeness (QED) is 0.653. The lowest BCUT2D eigenvalue weighted by molar-refractivity contribution is 0.0708. The zero-order valence-electron chi connectivity index (χ0n) is 8.56. The molecule has 0 spiro atoms. The predicted molar refractivity (Wildman–Crippen MR) is 52.6 cm³/mol. The van der Waals surface area contributed by atoms with Gasteiger partial charge in [0.25, 0.3) is 0 Å². The van der Waals surface area contributed by atoms with E-state index in [1.54, 1.807) is 0 Å². The highest BCUT2D eigenvalue weighted by Crippen LogP contribution is 2.45. The van der Waals surface area contributed by atoms with Gasteiger partial charge >= 0.3 is 0 Å². The van der Waals surface area contributed by atoms with Crippen molar-refractivity contribution in [3.63, 3.8) is 0 Å². The molecule has 1 nitrogen and oxygen atoms in total. The molecular weight excluding hydrogens is 165 g/mol. The summed E-state index contributed by atoms with van der Waals surface area (Å²) in [6.07, 6.45) is 8.54. The number of alkyl halides is 1. The Labute approximate surface area is 80.3 Å². The van der Waals surface area contributed by atoms with Crippen molar-refractivity contribution in [3.8, 4) is 0 Å². The van der Waals surface area contributed by atoms with E-state index in [0.29, 0.717) is 5.54 Å². The third-order valence-corrected chi connectivity index (χ3v) is 4.19. The van der Waals surface area contributed by atoms with Crippen LogP contribution in [0.2, 0.25) is 0 Å². The maximum absolute atomic E-state index is 12.2. The summed E-state index contributed by atoms with van der Waals surface area (Å²) in [7, 11) is 2.25. The van der Waals surface area contributed by atoms with Gasteiger partial charge in [0, 0.05) is 11.6 Å². The molecule has 2 aliphatic heterocycles. The van der Waals surface area contributed by atoms with Crippen molar-refractivity contribution in [2.75, 3.05) is 13.7 Å². The molecule has 0 aromatic heterocycles. The van der Waals surface area contributed by atoms with Crippen molar-refractivity contribution in [1.82, 2.24) is 4.90 Å². The minimum Gasteiger partial charge on any atom is -0.298 e. The van der Waals surface area contributed by atoms with Crippen molar-refractivity contribution in [2.24, 2.45) is 0 Å². The molecule has 0 aliphatic carbocycles. The first-order valence-corrected chi connectivity index (χ1v) is 5.57. The molecule has 2 aliphatic rings. The van der Waals surface area contributed by atoms with Crippen molar-refractivity contribution >= 4 is 0 Å². The van der Waals surface area contributed by atoms with Gasteiger partial charge < -0.3 is 0 Å². The summed E-state index contributed by atoms with van der Waals surface area (Å²) in [6, 6.07) is 0.813. The molecule has 0 unspecified atom stereocenters. The second-order valence-corrected chi connectivity index (χ2v) is 4.71. The van der Waals surface area contributed by atoms with E-state index in [1.807, 2.05) is 0 Å². The summed E-state index contributed by atoms with van der Waals surface area (Å²) >= 11 is 0. The Morgan fingerprint density at radius 2 is 2.23 bits per heavy atom. The Hall–Kier alpha value is -0.110. The lowest BCUT2D eigenvalue weighted by Crippen LogP contribution is -2.47. The van der Waals surface area contributed by atoms with Crippen LogP contribution in [0.15, 0.2) is 0 Å². The second kappa shape index (κ2) is 3.56. The molecule has 0 saturated carbocycles. The SMILES string of the molecule is CN1[C@@H]2CCC[C@@]1(CCCF)CC2. The van der Waals surface area contributed by atoms with Gasteiger partial charge in [-0.25, -0.2) is 0 Å². The van der Waals surface area contributed by atoms with Crippen LogP contribution < -0.4 is 0 Å². The molecular formula is C11H20FN. The normalized spacial score (nSPS) is 39.7. The number of halogens is 1. The molecule has 13 heavy (non-hydrogen) atoms. The van der Waals surface area contributed by atoms with E-state index in [1.165, 1.54) is 32.1 Å². The molecule has 2 heteroatoms. The highest BCUT2D eigenvalue weighted by molar-refractivity contribution is 5.02. The van der Waals surface area contributed by atoms with E-state index >= 15 is 0 Å². The zero-order chi connectivity index (χ0) is 9.31. The van der Waals surface area contributed by atoms with Crippen LogP contribution in [0.5, 0.6) is 0 Å². The molecule has 2 fully saturated rings. The smallest absolute Gasteiger partial charge is 0.0895 e. The summed E-state index contributed by atoms with van der Waals surface area (Å²) in [6.45, 7) is -0.139. The van der Waals surface area contributed by atoms with Crippen molar-refractivity contribution in [2.45, 2.75) is 56.5 Å². The topological polar surface area (TPSA) is 3.24 Å². The molecule has 0 N–H and O–H groups in total. The summed E-state index contributed by atoms with van der Waals surface area (Å²) < 4.78 is 12.2. The summed E-state index contributed by atoms with van der Waals surface area (Å²) in [5, 5.41) is 0. The van der Waals surface area contributed by atoms with Crippen LogP contribution in [0, 0.1) is 0 Å². The minimum atomic E-state index is -0.139. The summed E-state index contributed by atoms with van der Waals surface area (Å²) in [5.41, 5.74) is 0.398. The zero-order valence-corrected chi connectivity index (χ0v) is 8.56. The van der Waals surface area contributed by atoms with Crippen molar-refractivity contribution in [3.05, 3.63) is 0 Å². The average Bonchev–Trinajstić information content (AvgIpc) is 2.39. The minimum absolute atomic E-state index is 0.139. The Morgan fingerprint density at radius 3 is 3.00 bits per heavy atom. The van der Waals surface area contributed by atoms with Crippen LogP contribution in [0.25, 0.3) is 0 Å². The van der Waals surface area contributed by atoms with Gasteiger partial charge in [0.2, 0.25) is 0 Å². The monoisotopic (exact) mass is 185 g/mol. The van der Waals surface area contributed by atoms with E-state index < -0.39 is 0 Å². The summed E-state index contributed by atoms with van der Waals surface area (Å²) in [5.74, 6) is 0. The third-order valence-electron chi connectivity index (χ3n) is 4.19. The molecule has 2 bridgehead atoms. The van der Waals surface area contributed by atoms with Gasteiger partial charge in [0.1, 0.15) is 0 Å². The van der Waals surface area contributed by atoms with Crippen LogP contribution >= 0.6 is 0 Å². The van der Waals surface area contributed by atoms with Gasteiger partial charge in [0.05, 0.1) is 6.67 Å². The number of nitrogens with zero attached hydrogens (tertiary/aromatic N) is 1. The maximum atomic E-state index is 12.2. The Morgan fingerprint density at radius 1 is 1.38 bits per heavy atom. The maximum Gasteiger partial charge on any atom is 0.0895 e. The van der Waals surface area contributed by atoms with Crippen LogP contribution in [-0.2, 0) is 0 Å². The van der Waals surface area contributed by atoms with Crippen LogP contribution in [-0.4, -0.2) is 30.2 Å². The van der Waals surface area contributed by atoms with Gasteiger partial charge in [-0.15, -0.1) is 0 Å². The Balaban J connectivity index is 2.02. The molecule has 2 heterocycles. The first-order valence-electron chi connectivity index (χ1n) is 5.57. The standard InChI is InChI=1S/C11H20FN/c1-13-10-4-2-6-11(13,8-5-10)7-3-9-12/h10H,2-9H2,1H3/t10-,11-/m1/s1. The number of hydrogen-bond acceptors (Lipinski definition) is 1. The van der Waals surface area contributed by atoms with E-state index in [-0.39, 0.29) is 6.67 Å². The van der Waals surface area contributed by atoms with Crippen LogP contribution in [0.4, 0.5) is 4.39 Å². The van der Waals surface area contributed by atoms with Crippen molar-refractivity contribution < 1.29 is 4.39 Å². The Kier molecular flexibility index (Phi) is 2.59. The van der Waals surface area contributed by atoms with E-state index in [2.05, 4.69) is 11.9 Å². The molecule has 0 amide bonds. The summed E-state index contributed by atoms with van der Waals surface area (Å²) in [4.78, 5) is 2.55. The van der Waals surface area contributed by atoms with Gasteiger partial charge in [0.15, 0.2) is 0 Å². The van der Waals surface area contributed by atoms with Gasteiger partial charge in [-0.3, -0.25) is 9.29 Å². The fraction of sp³-hybridized carbons (Fsp3) is 1.00.